The summed E-state index contributed by atoms with van der Waals surface area (Å²) in [4.78, 5) is 14.5. The molecule has 0 radical (unpaired) electrons. The standard InChI is InChI=1S/C11H7N3O4S/c12-5-6-1-2-7-8(3-6)10(19(16,17)18)4-9(15)11(7)14-13/h1-3,10H,4H2,(H,16,17,18). The first kappa shape index (κ1) is 13.1. The summed E-state index contributed by atoms with van der Waals surface area (Å²) in [5, 5.41) is 7.34. The van der Waals surface area contributed by atoms with Crippen molar-refractivity contribution in [3.8, 4) is 6.07 Å². The van der Waals surface area contributed by atoms with Crippen molar-refractivity contribution in [3.05, 3.63) is 40.4 Å². The van der Waals surface area contributed by atoms with Crippen molar-refractivity contribution >= 4 is 21.6 Å². The lowest BCUT2D eigenvalue weighted by molar-refractivity contribution is -0.117. The van der Waals surface area contributed by atoms with E-state index >= 15 is 0 Å². The van der Waals surface area contributed by atoms with Crippen molar-refractivity contribution in [2.45, 2.75) is 11.7 Å². The summed E-state index contributed by atoms with van der Waals surface area (Å²) in [7, 11) is -4.50. The maximum absolute atomic E-state index is 11.7. The predicted octanol–water partition coefficient (Wildman–Crippen LogP) is 0.479. The van der Waals surface area contributed by atoms with Gasteiger partial charge in [-0.15, -0.1) is 0 Å². The molecular weight excluding hydrogens is 270 g/mol. The van der Waals surface area contributed by atoms with E-state index in [1.165, 1.54) is 18.2 Å². The third-order valence-corrected chi connectivity index (χ3v) is 4.02. The Labute approximate surface area is 108 Å². The number of carbonyl (C=O) groups is 1. The van der Waals surface area contributed by atoms with Gasteiger partial charge in [0, 0.05) is 6.42 Å². The third kappa shape index (κ3) is 2.18. The molecule has 0 aromatic heterocycles. The van der Waals surface area contributed by atoms with Crippen LogP contribution in [0, 0.1) is 11.3 Å². The van der Waals surface area contributed by atoms with Crippen LogP contribution in [0.15, 0.2) is 18.2 Å². The van der Waals surface area contributed by atoms with Crippen LogP contribution < -0.4 is 0 Å². The first-order valence-corrected chi connectivity index (χ1v) is 6.64. The minimum atomic E-state index is -4.50. The fourth-order valence-corrected chi connectivity index (χ4v) is 2.89. The van der Waals surface area contributed by atoms with E-state index in [0.717, 1.165) is 0 Å². The van der Waals surface area contributed by atoms with Crippen LogP contribution in [-0.2, 0) is 14.9 Å². The fraction of sp³-hybridized carbons (Fsp3) is 0.182. The summed E-state index contributed by atoms with van der Waals surface area (Å²) in [5.41, 5.74) is 8.89. The Morgan fingerprint density at radius 1 is 1.47 bits per heavy atom. The second kappa shape index (κ2) is 4.40. The molecule has 2 rings (SSSR count). The molecule has 0 saturated carbocycles. The molecule has 1 aliphatic carbocycles. The lowest BCUT2D eigenvalue weighted by atomic mass is 9.87. The number of rotatable bonds is 1. The Bertz CT molecular complexity index is 770. The monoisotopic (exact) mass is 277 g/mol. The minimum Gasteiger partial charge on any atom is -0.361 e. The number of benzene rings is 1. The number of hydrogen-bond donors (Lipinski definition) is 1. The zero-order valence-electron chi connectivity index (χ0n) is 9.44. The van der Waals surface area contributed by atoms with Crippen LogP contribution in [-0.4, -0.2) is 29.3 Å². The molecule has 0 spiro atoms. The second-order valence-corrected chi connectivity index (χ2v) is 5.59. The zero-order chi connectivity index (χ0) is 14.2. The van der Waals surface area contributed by atoms with Crippen molar-refractivity contribution < 1.29 is 22.6 Å². The smallest absolute Gasteiger partial charge is 0.361 e. The van der Waals surface area contributed by atoms with Gasteiger partial charge in [0.1, 0.15) is 5.25 Å². The van der Waals surface area contributed by atoms with E-state index in [4.69, 9.17) is 15.3 Å². The van der Waals surface area contributed by atoms with E-state index in [0.29, 0.717) is 0 Å². The van der Waals surface area contributed by atoms with Crippen molar-refractivity contribution in [1.82, 2.24) is 0 Å². The van der Waals surface area contributed by atoms with Crippen LogP contribution in [0.3, 0.4) is 0 Å². The van der Waals surface area contributed by atoms with Gasteiger partial charge < -0.3 is 5.53 Å². The Hall–Kier alpha value is -2.33. The average Bonchev–Trinajstić information content (AvgIpc) is 2.36. The van der Waals surface area contributed by atoms with Gasteiger partial charge in [0.15, 0.2) is 0 Å². The lowest BCUT2D eigenvalue weighted by Gasteiger charge is -2.19. The van der Waals surface area contributed by atoms with Crippen LogP contribution in [0.5, 0.6) is 0 Å². The van der Waals surface area contributed by atoms with Crippen LogP contribution in [0.1, 0.15) is 28.4 Å². The SMILES string of the molecule is N#Cc1ccc2c(c1)C(S(=O)(=O)O)CC(=O)C2=[N+]=[N-]. The Morgan fingerprint density at radius 2 is 2.16 bits per heavy atom. The van der Waals surface area contributed by atoms with Gasteiger partial charge in [-0.2, -0.15) is 18.5 Å². The molecule has 1 unspecified atom stereocenters. The molecule has 0 aliphatic heterocycles. The van der Waals surface area contributed by atoms with Crippen LogP contribution in [0.25, 0.3) is 5.53 Å². The molecule has 96 valence electrons. The number of hydrogen-bond acceptors (Lipinski definition) is 4. The molecule has 0 saturated heterocycles. The molecule has 0 heterocycles. The fourth-order valence-electron chi connectivity index (χ4n) is 2.01. The number of Topliss-reactive ketones (excluding diaryl/α,β-unsaturated/α-hetero) is 1. The van der Waals surface area contributed by atoms with Gasteiger partial charge in [-0.1, -0.05) is 0 Å². The molecule has 1 aliphatic rings. The molecule has 7 nitrogen and oxygen atoms in total. The van der Waals surface area contributed by atoms with E-state index < -0.39 is 27.6 Å². The van der Waals surface area contributed by atoms with Gasteiger partial charge in [0.2, 0.25) is 5.78 Å². The average molecular weight is 277 g/mol. The van der Waals surface area contributed by atoms with Gasteiger partial charge in [-0.05, 0) is 23.8 Å². The molecule has 0 amide bonds. The third-order valence-electron chi connectivity index (χ3n) is 2.88. The van der Waals surface area contributed by atoms with Gasteiger partial charge in [-0.25, -0.2) is 0 Å². The summed E-state index contributed by atoms with van der Waals surface area (Å²) in [6.45, 7) is 0. The second-order valence-electron chi connectivity index (χ2n) is 3.99. The number of fused-ring (bicyclic) bond motifs is 1. The van der Waals surface area contributed by atoms with Crippen molar-refractivity contribution in [2.24, 2.45) is 0 Å². The number of ketones is 1. The molecule has 0 fully saturated rings. The molecule has 19 heavy (non-hydrogen) atoms. The molecule has 0 bridgehead atoms. The molecule has 1 aromatic carbocycles. The van der Waals surface area contributed by atoms with E-state index in [1.54, 1.807) is 0 Å². The van der Waals surface area contributed by atoms with Crippen molar-refractivity contribution in [2.75, 3.05) is 0 Å². The Kier molecular flexibility index (Phi) is 3.04. The van der Waals surface area contributed by atoms with E-state index in [2.05, 4.69) is 4.79 Å². The number of nitriles is 1. The Balaban J connectivity index is 2.79. The van der Waals surface area contributed by atoms with Gasteiger partial charge in [0.05, 0.1) is 17.2 Å². The predicted molar refractivity (Wildman–Crippen MR) is 62.8 cm³/mol. The molecule has 1 N–H and O–H groups in total. The lowest BCUT2D eigenvalue weighted by Crippen LogP contribution is -2.30. The van der Waals surface area contributed by atoms with E-state index in [1.807, 2.05) is 6.07 Å². The summed E-state index contributed by atoms with van der Waals surface area (Å²) >= 11 is 0. The zero-order valence-corrected chi connectivity index (χ0v) is 10.3. The van der Waals surface area contributed by atoms with Gasteiger partial charge in [0.25, 0.3) is 10.1 Å². The molecule has 1 atom stereocenters. The molecular formula is C11H7N3O4S. The van der Waals surface area contributed by atoms with Gasteiger partial charge >= 0.3 is 5.71 Å². The van der Waals surface area contributed by atoms with Crippen molar-refractivity contribution in [3.63, 3.8) is 0 Å². The first-order chi connectivity index (χ1) is 8.88. The molecule has 8 heteroatoms. The largest absolute Gasteiger partial charge is 0.365 e. The van der Waals surface area contributed by atoms with E-state index in [-0.39, 0.29) is 22.4 Å². The topological polar surface area (TPSA) is 132 Å². The highest BCUT2D eigenvalue weighted by atomic mass is 32.2. The quantitative estimate of drug-likeness (QED) is 0.453. The van der Waals surface area contributed by atoms with Gasteiger partial charge in [-0.3, -0.25) is 9.35 Å². The highest BCUT2D eigenvalue weighted by Gasteiger charge is 2.41. The maximum atomic E-state index is 11.7. The normalized spacial score (nSPS) is 18.4. The highest BCUT2D eigenvalue weighted by molar-refractivity contribution is 7.86. The van der Waals surface area contributed by atoms with Crippen LogP contribution >= 0.6 is 0 Å². The first-order valence-electron chi connectivity index (χ1n) is 5.14. The summed E-state index contributed by atoms with van der Waals surface area (Å²) in [6, 6.07) is 5.77. The van der Waals surface area contributed by atoms with Crippen molar-refractivity contribution in [1.29, 1.82) is 5.26 Å². The number of nitrogens with zero attached hydrogens (tertiary/aromatic N) is 3. The number of carbonyl (C=O) groups excluding carboxylic acids is 1. The highest BCUT2D eigenvalue weighted by Crippen LogP contribution is 2.33. The van der Waals surface area contributed by atoms with Crippen LogP contribution in [0.2, 0.25) is 0 Å². The summed E-state index contributed by atoms with van der Waals surface area (Å²) in [5.74, 6) is -0.692. The summed E-state index contributed by atoms with van der Waals surface area (Å²) in [6.07, 6.45) is -0.528. The Morgan fingerprint density at radius 3 is 2.68 bits per heavy atom. The minimum absolute atomic E-state index is 0.0777. The molecule has 1 aromatic rings. The summed E-state index contributed by atoms with van der Waals surface area (Å²) < 4.78 is 31.8. The van der Waals surface area contributed by atoms with Crippen LogP contribution in [0.4, 0.5) is 0 Å². The maximum Gasteiger partial charge on any atom is 0.365 e. The van der Waals surface area contributed by atoms with E-state index in [9.17, 15) is 13.2 Å².